The van der Waals surface area contributed by atoms with E-state index >= 15 is 0 Å². The molecular weight excluding hydrogens is 298 g/mol. The fourth-order valence-electron chi connectivity index (χ4n) is 1.62. The Bertz CT molecular complexity index is 435. The average molecular weight is 327 g/mol. The van der Waals surface area contributed by atoms with Crippen LogP contribution in [0.5, 0.6) is 0 Å². The molecule has 0 saturated heterocycles. The number of ether oxygens (including phenoxy) is 1. The zero-order valence-corrected chi connectivity index (χ0v) is 14.7. The molecule has 1 rings (SSSR count). The van der Waals surface area contributed by atoms with Gasteiger partial charge in [-0.15, -0.1) is 0 Å². The summed E-state index contributed by atoms with van der Waals surface area (Å²) in [6, 6.07) is -0.541. The number of carbonyl (C=O) groups is 2. The molecule has 0 fully saturated rings. The van der Waals surface area contributed by atoms with Crippen LogP contribution in [0.15, 0.2) is 23.8 Å². The molecule has 0 radical (unpaired) electrons. The third-order valence-electron chi connectivity index (χ3n) is 2.85. The first-order valence-electron chi connectivity index (χ1n) is 7.71. The molecule has 0 spiro atoms. The van der Waals surface area contributed by atoms with Crippen LogP contribution in [0.3, 0.4) is 0 Å². The molecule has 0 aromatic heterocycles. The minimum atomic E-state index is -0.541. The first kappa shape index (κ1) is 21.5. The lowest BCUT2D eigenvalue weighted by atomic mass is 10.1. The number of rotatable bonds is 6. The Balaban J connectivity index is 0.000000688. The van der Waals surface area contributed by atoms with E-state index in [0.29, 0.717) is 0 Å². The first-order valence-corrected chi connectivity index (χ1v) is 7.71. The number of nitrogens with one attached hydrogen (secondary N) is 1. The fourth-order valence-corrected chi connectivity index (χ4v) is 1.62. The van der Waals surface area contributed by atoms with Crippen LogP contribution in [0.1, 0.15) is 47.0 Å². The van der Waals surface area contributed by atoms with Crippen molar-refractivity contribution >= 4 is 11.8 Å². The molecule has 132 valence electrons. The van der Waals surface area contributed by atoms with E-state index in [4.69, 9.17) is 9.99 Å². The van der Waals surface area contributed by atoms with Crippen LogP contribution in [0.4, 0.5) is 0 Å². The number of Topliss-reactive ketones (excluding diaryl/α,β-unsaturated/α-hetero) is 1. The van der Waals surface area contributed by atoms with Crippen molar-refractivity contribution in [1.82, 2.24) is 5.32 Å². The zero-order chi connectivity index (χ0) is 17.9. The van der Waals surface area contributed by atoms with Crippen LogP contribution in [-0.2, 0) is 19.2 Å². The monoisotopic (exact) mass is 327 g/mol. The summed E-state index contributed by atoms with van der Waals surface area (Å²) in [5.74, 6) is -0.402. The lowest BCUT2D eigenvalue weighted by Gasteiger charge is -2.14. The minimum absolute atomic E-state index is 0.0296. The summed E-state index contributed by atoms with van der Waals surface area (Å²) in [5, 5.41) is 10.7. The predicted molar refractivity (Wildman–Crippen MR) is 89.0 cm³/mol. The number of esters is 1. The number of allylic oxidation sites excluding steroid dienone is 2. The van der Waals surface area contributed by atoms with Crippen molar-refractivity contribution in [1.29, 1.82) is 0 Å². The molecule has 1 atom stereocenters. The molecule has 0 aromatic rings. The summed E-state index contributed by atoms with van der Waals surface area (Å²) in [6.07, 6.45) is 8.30. The molecule has 6 nitrogen and oxygen atoms in total. The highest BCUT2D eigenvalue weighted by Gasteiger charge is 2.19. The normalized spacial score (nSPS) is 15.1. The van der Waals surface area contributed by atoms with Crippen LogP contribution >= 0.6 is 0 Å². The highest BCUT2D eigenvalue weighted by atomic mass is 17.1. The third kappa shape index (κ3) is 11.7. The van der Waals surface area contributed by atoms with Crippen LogP contribution < -0.4 is 5.32 Å². The maximum absolute atomic E-state index is 11.7. The van der Waals surface area contributed by atoms with Crippen LogP contribution in [-0.4, -0.2) is 42.3 Å². The Morgan fingerprint density at radius 1 is 1.35 bits per heavy atom. The standard InChI is InChI=1S/C13H19NO3.C4H10O2/c1-10(15)8-12(14-2)13(16)17-9-11-6-4-3-5-7-11;1-4(2,3)6-5/h4,6-7,12,14H,3,5,8-9H2,1-2H3;5H,1-3H3/t12-;/m0./s1. The fraction of sp³-hybridized carbons (Fsp3) is 0.647. The molecule has 0 aromatic carbocycles. The van der Waals surface area contributed by atoms with Crippen molar-refractivity contribution in [3.05, 3.63) is 23.8 Å². The van der Waals surface area contributed by atoms with Gasteiger partial charge in [0, 0.05) is 6.42 Å². The Hall–Kier alpha value is -1.50. The van der Waals surface area contributed by atoms with Crippen molar-refractivity contribution in [3.8, 4) is 0 Å². The van der Waals surface area contributed by atoms with Crippen molar-refractivity contribution < 1.29 is 24.5 Å². The second-order valence-corrected chi connectivity index (χ2v) is 6.32. The number of hydrogen-bond acceptors (Lipinski definition) is 6. The van der Waals surface area contributed by atoms with Gasteiger partial charge < -0.3 is 10.1 Å². The van der Waals surface area contributed by atoms with Gasteiger partial charge in [-0.05, 0) is 53.2 Å². The van der Waals surface area contributed by atoms with Crippen LogP contribution in [0.25, 0.3) is 0 Å². The van der Waals surface area contributed by atoms with E-state index in [2.05, 4.69) is 22.4 Å². The second-order valence-electron chi connectivity index (χ2n) is 6.32. The summed E-state index contributed by atoms with van der Waals surface area (Å²) in [4.78, 5) is 26.6. The molecule has 0 heterocycles. The SMILES string of the molecule is CC(C)(C)OO.CN[C@@H](CC(C)=O)C(=O)OCC1=CCCC=C1. The maximum atomic E-state index is 11.7. The van der Waals surface area contributed by atoms with Gasteiger partial charge in [-0.25, -0.2) is 4.89 Å². The van der Waals surface area contributed by atoms with Gasteiger partial charge in [0.1, 0.15) is 18.4 Å². The van der Waals surface area contributed by atoms with E-state index < -0.39 is 11.6 Å². The summed E-state index contributed by atoms with van der Waals surface area (Å²) < 4.78 is 5.16. The van der Waals surface area contributed by atoms with Gasteiger partial charge in [0.05, 0.1) is 5.60 Å². The predicted octanol–water partition coefficient (Wildman–Crippen LogP) is 2.65. The van der Waals surface area contributed by atoms with E-state index in [9.17, 15) is 9.59 Å². The molecule has 0 unspecified atom stereocenters. The summed E-state index contributed by atoms with van der Waals surface area (Å²) >= 11 is 0. The molecule has 0 bridgehead atoms. The number of ketones is 1. The molecule has 0 saturated carbocycles. The molecular formula is C17H29NO5. The van der Waals surface area contributed by atoms with E-state index in [-0.39, 0.29) is 24.8 Å². The van der Waals surface area contributed by atoms with Gasteiger partial charge in [0.15, 0.2) is 0 Å². The smallest absolute Gasteiger partial charge is 0.323 e. The third-order valence-corrected chi connectivity index (χ3v) is 2.85. The Morgan fingerprint density at radius 3 is 2.35 bits per heavy atom. The highest BCUT2D eigenvalue weighted by Crippen LogP contribution is 2.10. The Labute approximate surface area is 138 Å². The molecule has 0 amide bonds. The molecule has 6 heteroatoms. The Morgan fingerprint density at radius 2 is 1.96 bits per heavy atom. The van der Waals surface area contributed by atoms with E-state index in [0.717, 1.165) is 18.4 Å². The lowest BCUT2D eigenvalue weighted by molar-refractivity contribution is -0.306. The van der Waals surface area contributed by atoms with Gasteiger partial charge >= 0.3 is 5.97 Å². The van der Waals surface area contributed by atoms with Crippen molar-refractivity contribution in [3.63, 3.8) is 0 Å². The number of hydrogen-bond donors (Lipinski definition) is 2. The first-order chi connectivity index (χ1) is 10.7. The van der Waals surface area contributed by atoms with Gasteiger partial charge in [-0.3, -0.25) is 14.8 Å². The minimum Gasteiger partial charge on any atom is -0.460 e. The molecule has 1 aliphatic rings. The molecule has 0 aliphatic heterocycles. The summed E-state index contributed by atoms with van der Waals surface area (Å²) in [7, 11) is 1.65. The average Bonchev–Trinajstić information content (AvgIpc) is 2.51. The van der Waals surface area contributed by atoms with E-state index in [1.54, 1.807) is 27.8 Å². The van der Waals surface area contributed by atoms with Gasteiger partial charge in [-0.1, -0.05) is 18.2 Å². The van der Waals surface area contributed by atoms with Gasteiger partial charge in [-0.2, -0.15) is 0 Å². The summed E-state index contributed by atoms with van der Waals surface area (Å²) in [5.41, 5.74) is 0.613. The van der Waals surface area contributed by atoms with E-state index in [1.807, 2.05) is 6.08 Å². The summed E-state index contributed by atoms with van der Waals surface area (Å²) in [6.45, 7) is 7.06. The number of carbonyl (C=O) groups excluding carboxylic acids is 2. The largest absolute Gasteiger partial charge is 0.460 e. The highest BCUT2D eigenvalue weighted by molar-refractivity contribution is 5.85. The van der Waals surface area contributed by atoms with Crippen LogP contribution in [0.2, 0.25) is 0 Å². The molecule has 1 aliphatic carbocycles. The molecule has 23 heavy (non-hydrogen) atoms. The molecule has 2 N–H and O–H groups in total. The zero-order valence-electron chi connectivity index (χ0n) is 14.7. The van der Waals surface area contributed by atoms with Crippen molar-refractivity contribution in [2.45, 2.75) is 58.6 Å². The van der Waals surface area contributed by atoms with E-state index in [1.165, 1.54) is 6.92 Å². The van der Waals surface area contributed by atoms with Crippen molar-refractivity contribution in [2.75, 3.05) is 13.7 Å². The lowest BCUT2D eigenvalue weighted by Crippen LogP contribution is -2.37. The van der Waals surface area contributed by atoms with Crippen molar-refractivity contribution in [2.24, 2.45) is 0 Å². The topological polar surface area (TPSA) is 84.9 Å². The quantitative estimate of drug-likeness (QED) is 0.443. The van der Waals surface area contributed by atoms with Gasteiger partial charge in [0.2, 0.25) is 0 Å². The van der Waals surface area contributed by atoms with Gasteiger partial charge in [0.25, 0.3) is 0 Å². The maximum Gasteiger partial charge on any atom is 0.323 e. The van der Waals surface area contributed by atoms with Crippen LogP contribution in [0, 0.1) is 0 Å². The number of likely N-dealkylation sites (N-methyl/N-ethyl adjacent to an activating group) is 1. The second kappa shape index (κ2) is 11.1. The Kier molecular flexibility index (Phi) is 10.4.